The maximum atomic E-state index is 14.0. The Balaban J connectivity index is 1.85. The predicted octanol–water partition coefficient (Wildman–Crippen LogP) is 1.77. The fraction of sp³-hybridized carbons (Fsp3) is 0.571. The van der Waals surface area contributed by atoms with Crippen molar-refractivity contribution in [2.45, 2.75) is 43.7 Å². The van der Waals surface area contributed by atoms with E-state index in [1.54, 1.807) is 18.2 Å². The van der Waals surface area contributed by atoms with Gasteiger partial charge in [0.25, 0.3) is 0 Å². The molecule has 0 radical (unpaired) electrons. The first-order chi connectivity index (χ1) is 10.4. The number of rotatable bonds is 4. The highest BCUT2D eigenvalue weighted by Crippen LogP contribution is 2.47. The Morgan fingerprint density at radius 3 is 2.59 bits per heavy atom. The fourth-order valence-corrected chi connectivity index (χ4v) is 3.40. The second kappa shape index (κ2) is 5.86. The first-order valence-electron chi connectivity index (χ1n) is 7.16. The van der Waals surface area contributed by atoms with E-state index in [9.17, 15) is 12.8 Å². The predicted molar refractivity (Wildman–Crippen MR) is 75.4 cm³/mol. The Morgan fingerprint density at radius 1 is 1.27 bits per heavy atom. The van der Waals surface area contributed by atoms with E-state index in [1.807, 2.05) is 0 Å². The molecule has 2 aliphatic rings. The molecule has 1 aromatic rings. The summed E-state index contributed by atoms with van der Waals surface area (Å²) in [7, 11) is -4.09. The van der Waals surface area contributed by atoms with E-state index in [4.69, 9.17) is 14.6 Å². The number of hydrogen-bond donors (Lipinski definition) is 1. The molecule has 1 saturated carbocycles. The second-order valence-corrected chi connectivity index (χ2v) is 6.83. The standard InChI is InChI=1S/C14H18FNO5S/c15-11-6-2-1-5-10(11)13-12(9-19-22(16,17)18)20-14(21-13)7-3-4-8-14/h1-2,5-6,12-13H,3-4,7-9H2,(H2,16,17,18). The molecule has 122 valence electrons. The molecule has 0 amide bonds. The van der Waals surface area contributed by atoms with Crippen molar-refractivity contribution in [3.05, 3.63) is 35.6 Å². The van der Waals surface area contributed by atoms with Crippen molar-refractivity contribution in [1.82, 2.24) is 0 Å². The maximum absolute atomic E-state index is 14.0. The molecule has 1 saturated heterocycles. The van der Waals surface area contributed by atoms with Gasteiger partial charge in [0.2, 0.25) is 0 Å². The van der Waals surface area contributed by atoms with Crippen LogP contribution in [-0.2, 0) is 24.0 Å². The second-order valence-electron chi connectivity index (χ2n) is 5.61. The van der Waals surface area contributed by atoms with Crippen molar-refractivity contribution in [2.75, 3.05) is 6.61 Å². The van der Waals surface area contributed by atoms with E-state index < -0.39 is 34.1 Å². The van der Waals surface area contributed by atoms with Gasteiger partial charge in [-0.3, -0.25) is 4.18 Å². The Morgan fingerprint density at radius 2 is 1.95 bits per heavy atom. The van der Waals surface area contributed by atoms with Crippen LogP contribution in [0.4, 0.5) is 4.39 Å². The van der Waals surface area contributed by atoms with E-state index in [0.29, 0.717) is 18.4 Å². The van der Waals surface area contributed by atoms with Gasteiger partial charge >= 0.3 is 10.3 Å². The van der Waals surface area contributed by atoms with Crippen molar-refractivity contribution < 1.29 is 26.5 Å². The number of benzene rings is 1. The van der Waals surface area contributed by atoms with Gasteiger partial charge in [-0.05, 0) is 18.9 Å². The Bertz CT molecular complexity index is 644. The van der Waals surface area contributed by atoms with Crippen LogP contribution in [0.2, 0.25) is 0 Å². The van der Waals surface area contributed by atoms with Gasteiger partial charge in [-0.2, -0.15) is 8.42 Å². The van der Waals surface area contributed by atoms with Gasteiger partial charge < -0.3 is 9.47 Å². The fourth-order valence-electron chi connectivity index (χ4n) is 3.08. The summed E-state index contributed by atoms with van der Waals surface area (Å²) in [6.07, 6.45) is 1.85. The molecule has 1 aliphatic heterocycles. The third-order valence-electron chi connectivity index (χ3n) is 4.02. The quantitative estimate of drug-likeness (QED) is 0.908. The summed E-state index contributed by atoms with van der Waals surface area (Å²) >= 11 is 0. The smallest absolute Gasteiger partial charge is 0.333 e. The summed E-state index contributed by atoms with van der Waals surface area (Å²) in [5.41, 5.74) is 0.328. The number of ether oxygens (including phenoxy) is 2. The lowest BCUT2D eigenvalue weighted by Crippen LogP contribution is -2.29. The van der Waals surface area contributed by atoms with Gasteiger partial charge in [0.05, 0.1) is 6.61 Å². The van der Waals surface area contributed by atoms with Gasteiger partial charge in [0.15, 0.2) is 5.79 Å². The molecule has 0 aromatic heterocycles. The van der Waals surface area contributed by atoms with Crippen LogP contribution >= 0.6 is 0 Å². The molecular weight excluding hydrogens is 313 g/mol. The zero-order chi connectivity index (χ0) is 15.8. The van der Waals surface area contributed by atoms with Gasteiger partial charge in [-0.25, -0.2) is 9.53 Å². The van der Waals surface area contributed by atoms with E-state index in [-0.39, 0.29) is 6.61 Å². The van der Waals surface area contributed by atoms with Crippen LogP contribution in [0.1, 0.15) is 37.4 Å². The summed E-state index contributed by atoms with van der Waals surface area (Å²) in [6.45, 7) is -0.306. The van der Waals surface area contributed by atoms with Crippen LogP contribution in [0, 0.1) is 5.82 Å². The van der Waals surface area contributed by atoms with Crippen molar-refractivity contribution in [3.63, 3.8) is 0 Å². The molecule has 2 unspecified atom stereocenters. The normalized spacial score (nSPS) is 27.5. The average molecular weight is 331 g/mol. The number of hydrogen-bond acceptors (Lipinski definition) is 5. The molecule has 2 atom stereocenters. The molecule has 2 fully saturated rings. The topological polar surface area (TPSA) is 87.9 Å². The van der Waals surface area contributed by atoms with Gasteiger partial charge in [-0.1, -0.05) is 18.2 Å². The highest BCUT2D eigenvalue weighted by molar-refractivity contribution is 7.84. The summed E-state index contributed by atoms with van der Waals surface area (Å²) in [4.78, 5) is 0. The van der Waals surface area contributed by atoms with Crippen molar-refractivity contribution in [1.29, 1.82) is 0 Å². The molecule has 3 rings (SSSR count). The van der Waals surface area contributed by atoms with E-state index >= 15 is 0 Å². The molecule has 1 aromatic carbocycles. The Labute approximate surface area is 128 Å². The van der Waals surface area contributed by atoms with Crippen LogP contribution in [0.5, 0.6) is 0 Å². The van der Waals surface area contributed by atoms with E-state index in [2.05, 4.69) is 4.18 Å². The first-order valence-corrected chi connectivity index (χ1v) is 8.63. The zero-order valence-corrected chi connectivity index (χ0v) is 12.7. The van der Waals surface area contributed by atoms with Crippen LogP contribution in [0.3, 0.4) is 0 Å². The number of nitrogens with two attached hydrogens (primary N) is 1. The van der Waals surface area contributed by atoms with Crippen LogP contribution in [-0.4, -0.2) is 26.9 Å². The Kier molecular flexibility index (Phi) is 4.21. The largest absolute Gasteiger partial charge is 0.341 e. The number of halogens is 1. The van der Waals surface area contributed by atoms with Gasteiger partial charge in [0.1, 0.15) is 18.0 Å². The molecule has 2 N–H and O–H groups in total. The molecule has 22 heavy (non-hydrogen) atoms. The molecule has 1 heterocycles. The molecule has 0 bridgehead atoms. The first kappa shape index (κ1) is 15.8. The minimum absolute atomic E-state index is 0.306. The Hall–Kier alpha value is -1.06. The minimum Gasteiger partial charge on any atom is -0.341 e. The highest BCUT2D eigenvalue weighted by atomic mass is 32.2. The van der Waals surface area contributed by atoms with Gasteiger partial charge in [-0.15, -0.1) is 0 Å². The lowest BCUT2D eigenvalue weighted by molar-refractivity contribution is -0.171. The highest BCUT2D eigenvalue weighted by Gasteiger charge is 2.50. The van der Waals surface area contributed by atoms with E-state index in [1.165, 1.54) is 6.07 Å². The summed E-state index contributed by atoms with van der Waals surface area (Å²) in [5, 5.41) is 4.85. The lowest BCUT2D eigenvalue weighted by Gasteiger charge is -2.22. The third-order valence-corrected chi connectivity index (χ3v) is 4.48. The zero-order valence-electron chi connectivity index (χ0n) is 11.9. The van der Waals surface area contributed by atoms with Crippen molar-refractivity contribution in [2.24, 2.45) is 5.14 Å². The SMILES string of the molecule is NS(=O)(=O)OCC1OC2(CCCC2)OC1c1ccccc1F. The van der Waals surface area contributed by atoms with Crippen LogP contribution in [0.25, 0.3) is 0 Å². The summed E-state index contributed by atoms with van der Waals surface area (Å²) < 4.78 is 52.5. The monoisotopic (exact) mass is 331 g/mol. The molecule has 1 spiro atoms. The summed E-state index contributed by atoms with van der Waals surface area (Å²) in [6, 6.07) is 6.20. The lowest BCUT2D eigenvalue weighted by atomic mass is 10.0. The van der Waals surface area contributed by atoms with Crippen LogP contribution < -0.4 is 5.14 Å². The van der Waals surface area contributed by atoms with Crippen molar-refractivity contribution in [3.8, 4) is 0 Å². The van der Waals surface area contributed by atoms with Crippen LogP contribution in [0.15, 0.2) is 24.3 Å². The third kappa shape index (κ3) is 3.31. The van der Waals surface area contributed by atoms with Gasteiger partial charge in [0, 0.05) is 18.4 Å². The minimum atomic E-state index is -4.09. The summed E-state index contributed by atoms with van der Waals surface area (Å²) in [5.74, 6) is -1.20. The molecule has 6 nitrogen and oxygen atoms in total. The van der Waals surface area contributed by atoms with Crippen molar-refractivity contribution >= 4 is 10.3 Å². The molecular formula is C14H18FNO5S. The molecule has 8 heteroatoms. The maximum Gasteiger partial charge on any atom is 0.333 e. The van der Waals surface area contributed by atoms with E-state index in [0.717, 1.165) is 12.8 Å². The molecule has 1 aliphatic carbocycles. The average Bonchev–Trinajstić information content (AvgIpc) is 3.04.